The first-order valence-electron chi connectivity index (χ1n) is 6.64. The topological polar surface area (TPSA) is 37.3 Å². The third-order valence-corrected chi connectivity index (χ3v) is 3.45. The summed E-state index contributed by atoms with van der Waals surface area (Å²) in [5, 5.41) is 6.19. The number of hydrogen-bond acceptors (Lipinski definition) is 3. The Labute approximate surface area is 128 Å². The molecule has 1 aromatic heterocycles. The van der Waals surface area contributed by atoms with Gasteiger partial charge < -0.3 is 0 Å². The molecule has 0 saturated heterocycles. The lowest BCUT2D eigenvalue weighted by Gasteiger charge is -2.04. The second kappa shape index (κ2) is 5.94. The van der Waals surface area contributed by atoms with E-state index in [9.17, 15) is 0 Å². The van der Waals surface area contributed by atoms with Crippen LogP contribution in [0.25, 0.3) is 10.9 Å². The Morgan fingerprint density at radius 2 is 1.76 bits per heavy atom. The van der Waals surface area contributed by atoms with Crippen LogP contribution in [-0.2, 0) is 0 Å². The van der Waals surface area contributed by atoms with Crippen LogP contribution in [0.1, 0.15) is 12.5 Å². The van der Waals surface area contributed by atoms with Crippen molar-refractivity contribution in [3.8, 4) is 0 Å². The molecule has 3 rings (SSSR count). The van der Waals surface area contributed by atoms with Crippen molar-refractivity contribution >= 4 is 34.0 Å². The molecule has 104 valence electrons. The Kier molecular flexibility index (Phi) is 3.84. The molecule has 3 nitrogen and oxygen atoms in total. The fourth-order valence-corrected chi connectivity index (χ4v) is 2.15. The van der Waals surface area contributed by atoms with Crippen LogP contribution < -0.4 is 5.43 Å². The highest BCUT2D eigenvalue weighted by Gasteiger charge is 1.99. The number of hydrazone groups is 1. The third kappa shape index (κ3) is 3.20. The lowest BCUT2D eigenvalue weighted by Crippen LogP contribution is -2.00. The molecule has 0 aliphatic heterocycles. The van der Waals surface area contributed by atoms with Gasteiger partial charge in [-0.3, -0.25) is 5.43 Å². The monoisotopic (exact) mass is 295 g/mol. The number of para-hydroxylation sites is 1. The maximum absolute atomic E-state index is 5.88. The van der Waals surface area contributed by atoms with E-state index in [1.807, 2.05) is 67.6 Å². The molecule has 4 heteroatoms. The largest absolute Gasteiger partial charge is 0.261 e. The second-order valence-corrected chi connectivity index (χ2v) is 5.14. The molecule has 0 aliphatic rings. The minimum absolute atomic E-state index is 0.718. The Hall–Kier alpha value is -2.39. The number of anilines is 1. The lowest BCUT2D eigenvalue weighted by atomic mass is 10.1. The number of fused-ring (bicyclic) bond motifs is 1. The first-order chi connectivity index (χ1) is 10.2. The Balaban J connectivity index is 1.81. The fourth-order valence-electron chi connectivity index (χ4n) is 2.03. The van der Waals surface area contributed by atoms with E-state index < -0.39 is 0 Å². The summed E-state index contributed by atoms with van der Waals surface area (Å²) in [7, 11) is 0. The lowest BCUT2D eigenvalue weighted by molar-refractivity contribution is 1.25. The van der Waals surface area contributed by atoms with Gasteiger partial charge >= 0.3 is 0 Å². The molecule has 0 radical (unpaired) electrons. The van der Waals surface area contributed by atoms with Crippen LogP contribution in [0.2, 0.25) is 5.02 Å². The summed E-state index contributed by atoms with van der Waals surface area (Å²) in [6, 6.07) is 19.5. The van der Waals surface area contributed by atoms with E-state index in [4.69, 9.17) is 11.6 Å². The van der Waals surface area contributed by atoms with Gasteiger partial charge in [0.15, 0.2) is 0 Å². The van der Waals surface area contributed by atoms with Gasteiger partial charge in [0.05, 0.1) is 11.2 Å². The van der Waals surface area contributed by atoms with E-state index >= 15 is 0 Å². The van der Waals surface area contributed by atoms with Crippen LogP contribution in [0, 0.1) is 0 Å². The van der Waals surface area contributed by atoms with Crippen LogP contribution in [0.3, 0.4) is 0 Å². The van der Waals surface area contributed by atoms with Crippen molar-refractivity contribution in [3.63, 3.8) is 0 Å². The molecule has 0 fully saturated rings. The minimum atomic E-state index is 0.718. The molecule has 0 saturated carbocycles. The number of benzene rings is 2. The van der Waals surface area contributed by atoms with Crippen molar-refractivity contribution in [2.45, 2.75) is 6.92 Å². The first-order valence-corrected chi connectivity index (χ1v) is 7.02. The van der Waals surface area contributed by atoms with Crippen molar-refractivity contribution in [2.75, 3.05) is 5.43 Å². The van der Waals surface area contributed by atoms with Gasteiger partial charge in [-0.15, -0.1) is 0 Å². The van der Waals surface area contributed by atoms with E-state index in [1.54, 1.807) is 0 Å². The first kappa shape index (κ1) is 13.6. The van der Waals surface area contributed by atoms with E-state index in [0.29, 0.717) is 0 Å². The third-order valence-electron chi connectivity index (χ3n) is 3.20. The number of nitrogens with one attached hydrogen (secondary N) is 1. The summed E-state index contributed by atoms with van der Waals surface area (Å²) in [5.41, 5.74) is 5.84. The van der Waals surface area contributed by atoms with Gasteiger partial charge in [0.25, 0.3) is 0 Å². The average Bonchev–Trinajstić information content (AvgIpc) is 2.53. The summed E-state index contributed by atoms with van der Waals surface area (Å²) in [4.78, 5) is 4.52. The minimum Gasteiger partial charge on any atom is -0.261 e. The summed E-state index contributed by atoms with van der Waals surface area (Å²) >= 11 is 5.88. The van der Waals surface area contributed by atoms with Gasteiger partial charge in [-0.05, 0) is 42.8 Å². The Morgan fingerprint density at radius 1 is 1.00 bits per heavy atom. The van der Waals surface area contributed by atoms with Crippen LogP contribution in [0.15, 0.2) is 65.8 Å². The molecule has 0 atom stereocenters. The Bertz CT molecular complexity index is 794. The SMILES string of the molecule is CC(=NNc1ccc2ccccc2n1)c1ccc(Cl)cc1. The smallest absolute Gasteiger partial charge is 0.146 e. The van der Waals surface area contributed by atoms with Crippen molar-refractivity contribution in [1.82, 2.24) is 4.98 Å². The normalized spacial score (nSPS) is 11.6. The molecular weight excluding hydrogens is 282 g/mol. The molecule has 1 N–H and O–H groups in total. The van der Waals surface area contributed by atoms with Gasteiger partial charge in [0, 0.05) is 10.4 Å². The van der Waals surface area contributed by atoms with Gasteiger partial charge in [0.2, 0.25) is 0 Å². The van der Waals surface area contributed by atoms with Crippen LogP contribution in [-0.4, -0.2) is 10.7 Å². The van der Waals surface area contributed by atoms with Crippen LogP contribution in [0.4, 0.5) is 5.82 Å². The van der Waals surface area contributed by atoms with E-state index in [0.717, 1.165) is 33.0 Å². The molecule has 0 aliphatic carbocycles. The zero-order valence-corrected chi connectivity index (χ0v) is 12.3. The van der Waals surface area contributed by atoms with Gasteiger partial charge in [0.1, 0.15) is 5.82 Å². The number of halogens is 1. The summed E-state index contributed by atoms with van der Waals surface area (Å²) in [6.07, 6.45) is 0. The van der Waals surface area contributed by atoms with E-state index in [1.165, 1.54) is 0 Å². The van der Waals surface area contributed by atoms with E-state index in [-0.39, 0.29) is 0 Å². The summed E-state index contributed by atoms with van der Waals surface area (Å²) in [6.45, 7) is 1.94. The zero-order valence-electron chi connectivity index (χ0n) is 11.5. The molecule has 21 heavy (non-hydrogen) atoms. The molecule has 0 bridgehead atoms. The number of aromatic nitrogens is 1. The molecule has 3 aromatic rings. The number of rotatable bonds is 3. The van der Waals surface area contributed by atoms with E-state index in [2.05, 4.69) is 15.5 Å². The standard InChI is InChI=1S/C17H14ClN3/c1-12(13-6-9-15(18)10-7-13)20-21-17-11-8-14-4-2-3-5-16(14)19-17/h2-11H,1H3,(H,19,21). The van der Waals surface area contributed by atoms with Gasteiger partial charge in [-0.25, -0.2) is 4.98 Å². The van der Waals surface area contributed by atoms with Crippen LogP contribution in [0.5, 0.6) is 0 Å². The number of pyridine rings is 1. The molecule has 2 aromatic carbocycles. The number of hydrogen-bond donors (Lipinski definition) is 1. The van der Waals surface area contributed by atoms with Crippen molar-refractivity contribution in [2.24, 2.45) is 5.10 Å². The molecule has 0 amide bonds. The highest BCUT2D eigenvalue weighted by molar-refractivity contribution is 6.30. The molecular formula is C17H14ClN3. The average molecular weight is 296 g/mol. The number of nitrogens with zero attached hydrogens (tertiary/aromatic N) is 2. The summed E-state index contributed by atoms with van der Waals surface area (Å²) < 4.78 is 0. The van der Waals surface area contributed by atoms with Gasteiger partial charge in [-0.1, -0.05) is 41.9 Å². The van der Waals surface area contributed by atoms with Crippen molar-refractivity contribution in [1.29, 1.82) is 0 Å². The maximum Gasteiger partial charge on any atom is 0.146 e. The predicted octanol–water partition coefficient (Wildman–Crippen LogP) is 4.72. The Morgan fingerprint density at radius 3 is 2.57 bits per heavy atom. The van der Waals surface area contributed by atoms with Crippen molar-refractivity contribution < 1.29 is 0 Å². The molecule has 0 unspecified atom stereocenters. The highest BCUT2D eigenvalue weighted by Crippen LogP contribution is 2.15. The summed E-state index contributed by atoms with van der Waals surface area (Å²) in [5.74, 6) is 0.724. The highest BCUT2D eigenvalue weighted by atomic mass is 35.5. The second-order valence-electron chi connectivity index (χ2n) is 4.71. The van der Waals surface area contributed by atoms with Gasteiger partial charge in [-0.2, -0.15) is 5.10 Å². The quantitative estimate of drug-likeness (QED) is 0.560. The molecule has 1 heterocycles. The maximum atomic E-state index is 5.88. The molecule has 0 spiro atoms. The van der Waals surface area contributed by atoms with Crippen molar-refractivity contribution in [3.05, 3.63) is 71.2 Å². The van der Waals surface area contributed by atoms with Crippen LogP contribution >= 0.6 is 11.6 Å². The zero-order chi connectivity index (χ0) is 14.7. The predicted molar refractivity (Wildman–Crippen MR) is 89.0 cm³/mol. The fraction of sp³-hybridized carbons (Fsp3) is 0.0588.